The number of fused-ring (bicyclic) bond motifs is 1. The van der Waals surface area contributed by atoms with Crippen LogP contribution in [0, 0.1) is 22.7 Å². The Morgan fingerprint density at radius 3 is 2.77 bits per heavy atom. The average molecular weight is 433 g/mol. The van der Waals surface area contributed by atoms with Crippen LogP contribution in [0.3, 0.4) is 0 Å². The van der Waals surface area contributed by atoms with E-state index >= 15 is 0 Å². The van der Waals surface area contributed by atoms with Crippen molar-refractivity contribution in [2.75, 3.05) is 37.7 Å². The van der Waals surface area contributed by atoms with Gasteiger partial charge >= 0.3 is 6.18 Å². The molecule has 2 fully saturated rings. The van der Waals surface area contributed by atoms with Gasteiger partial charge in [0.15, 0.2) is 0 Å². The Bertz CT molecular complexity index is 1040. The SMILES string of the molecule is Cn1cc(C(=O)N2C[C@H]3CN(c4ccc(C#N)c(C(F)(F)F)c4)CC[C@@]3(CO)C2)cn1. The zero-order valence-corrected chi connectivity index (χ0v) is 16.9. The first-order valence-corrected chi connectivity index (χ1v) is 9.92. The second kappa shape index (κ2) is 7.57. The number of rotatable bonds is 3. The van der Waals surface area contributed by atoms with Crippen LogP contribution < -0.4 is 4.90 Å². The second-order valence-electron chi connectivity index (χ2n) is 8.34. The molecule has 0 bridgehead atoms. The van der Waals surface area contributed by atoms with E-state index in [4.69, 9.17) is 5.26 Å². The molecule has 0 aliphatic carbocycles. The lowest BCUT2D eigenvalue weighted by molar-refractivity contribution is -0.137. The number of alkyl halides is 3. The smallest absolute Gasteiger partial charge is 0.396 e. The number of amides is 1. The zero-order valence-electron chi connectivity index (χ0n) is 16.9. The molecule has 2 aliphatic heterocycles. The number of aromatic nitrogens is 2. The third-order valence-electron chi connectivity index (χ3n) is 6.48. The Hall–Kier alpha value is -3.06. The number of piperidine rings is 1. The van der Waals surface area contributed by atoms with Gasteiger partial charge < -0.3 is 14.9 Å². The molecule has 2 saturated heterocycles. The van der Waals surface area contributed by atoms with Gasteiger partial charge in [-0.05, 0) is 24.6 Å². The van der Waals surface area contributed by atoms with Crippen LogP contribution in [-0.2, 0) is 13.2 Å². The molecule has 0 spiro atoms. The minimum atomic E-state index is -4.62. The third-order valence-corrected chi connectivity index (χ3v) is 6.48. The summed E-state index contributed by atoms with van der Waals surface area (Å²) >= 11 is 0. The molecule has 7 nitrogen and oxygen atoms in total. The van der Waals surface area contributed by atoms with Gasteiger partial charge in [0.2, 0.25) is 0 Å². The van der Waals surface area contributed by atoms with Crippen LogP contribution in [0.15, 0.2) is 30.6 Å². The summed E-state index contributed by atoms with van der Waals surface area (Å²) in [5.74, 6) is -0.253. The summed E-state index contributed by atoms with van der Waals surface area (Å²) in [6, 6.07) is 5.32. The average Bonchev–Trinajstić information content (AvgIpc) is 3.35. The van der Waals surface area contributed by atoms with E-state index in [1.165, 1.54) is 18.3 Å². The highest BCUT2D eigenvalue weighted by Crippen LogP contribution is 2.44. The van der Waals surface area contributed by atoms with E-state index in [-0.39, 0.29) is 18.4 Å². The number of benzene rings is 1. The predicted octanol–water partition coefficient (Wildman–Crippen LogP) is 2.27. The number of carbonyl (C=O) groups is 1. The van der Waals surface area contributed by atoms with Gasteiger partial charge in [0, 0.05) is 56.4 Å². The lowest BCUT2D eigenvalue weighted by atomic mass is 9.73. The summed E-state index contributed by atoms with van der Waals surface area (Å²) in [5.41, 5.74) is -0.991. The number of aliphatic hydroxyl groups is 1. The molecule has 2 aromatic rings. The van der Waals surface area contributed by atoms with Crippen LogP contribution in [0.5, 0.6) is 0 Å². The Labute approximate surface area is 177 Å². The van der Waals surface area contributed by atoms with Gasteiger partial charge in [-0.2, -0.15) is 23.5 Å². The summed E-state index contributed by atoms with van der Waals surface area (Å²) in [5, 5.41) is 23.2. The van der Waals surface area contributed by atoms with Gasteiger partial charge in [-0.25, -0.2) is 0 Å². The number of aryl methyl sites for hydroxylation is 1. The molecular formula is C21H22F3N5O2. The molecule has 2 atom stereocenters. The van der Waals surface area contributed by atoms with Crippen LogP contribution in [-0.4, -0.2) is 58.5 Å². The Morgan fingerprint density at radius 2 is 2.16 bits per heavy atom. The Morgan fingerprint density at radius 1 is 1.39 bits per heavy atom. The summed E-state index contributed by atoms with van der Waals surface area (Å²) in [6.07, 6.45) is -0.937. The lowest BCUT2D eigenvalue weighted by Crippen LogP contribution is -2.49. The van der Waals surface area contributed by atoms with Gasteiger partial charge in [0.25, 0.3) is 5.91 Å². The maximum absolute atomic E-state index is 13.4. The number of likely N-dealkylation sites (tertiary alicyclic amines) is 1. The van der Waals surface area contributed by atoms with Crippen molar-refractivity contribution in [3.63, 3.8) is 0 Å². The normalized spacial score (nSPS) is 23.5. The molecule has 4 rings (SSSR count). The number of aliphatic hydroxyl groups excluding tert-OH is 1. The molecule has 0 unspecified atom stereocenters. The first-order chi connectivity index (χ1) is 14.7. The number of hydrogen-bond donors (Lipinski definition) is 1. The van der Waals surface area contributed by atoms with Crippen molar-refractivity contribution in [3.05, 3.63) is 47.3 Å². The lowest BCUT2D eigenvalue weighted by Gasteiger charge is -2.43. The van der Waals surface area contributed by atoms with E-state index in [0.717, 1.165) is 6.07 Å². The fourth-order valence-corrected chi connectivity index (χ4v) is 4.71. The quantitative estimate of drug-likeness (QED) is 0.803. The van der Waals surface area contributed by atoms with E-state index in [1.54, 1.807) is 28.9 Å². The van der Waals surface area contributed by atoms with E-state index in [1.807, 2.05) is 4.90 Å². The molecule has 10 heteroatoms. The fraction of sp³-hybridized carbons (Fsp3) is 0.476. The topological polar surface area (TPSA) is 85.4 Å². The summed E-state index contributed by atoms with van der Waals surface area (Å²) in [6.45, 7) is 1.59. The van der Waals surface area contributed by atoms with E-state index in [2.05, 4.69) is 5.10 Å². The van der Waals surface area contributed by atoms with Gasteiger partial charge in [-0.1, -0.05) is 0 Å². The number of anilines is 1. The van der Waals surface area contributed by atoms with E-state index < -0.39 is 22.7 Å². The van der Waals surface area contributed by atoms with Gasteiger partial charge in [0.1, 0.15) is 0 Å². The van der Waals surface area contributed by atoms with Crippen molar-refractivity contribution in [1.29, 1.82) is 5.26 Å². The van der Waals surface area contributed by atoms with Crippen molar-refractivity contribution in [2.24, 2.45) is 18.4 Å². The largest absolute Gasteiger partial charge is 0.417 e. The first-order valence-electron chi connectivity index (χ1n) is 9.92. The highest BCUT2D eigenvalue weighted by atomic mass is 19.4. The number of carbonyl (C=O) groups excluding carboxylic acids is 1. The van der Waals surface area contributed by atoms with Gasteiger partial charge in [0.05, 0.1) is 35.6 Å². The standard InChI is InChI=1S/C21H22F3N5O2/c1-27-9-15(8-26-27)19(31)29-11-16-10-28(5-4-20(16,12-29)13-30)17-3-2-14(7-25)18(6-17)21(22,23)24/h2-3,6,8-9,16,30H,4-5,10-13H2,1H3/t16-,20+/m1/s1. The monoisotopic (exact) mass is 433 g/mol. The minimum absolute atomic E-state index is 0.0862. The van der Waals surface area contributed by atoms with Gasteiger partial charge in [-0.15, -0.1) is 0 Å². The molecule has 1 aromatic carbocycles. The number of nitriles is 1. The van der Waals surface area contributed by atoms with Crippen molar-refractivity contribution in [1.82, 2.24) is 14.7 Å². The first kappa shape index (κ1) is 21.2. The highest BCUT2D eigenvalue weighted by Gasteiger charge is 2.50. The fourth-order valence-electron chi connectivity index (χ4n) is 4.71. The van der Waals surface area contributed by atoms with Crippen molar-refractivity contribution in [2.45, 2.75) is 12.6 Å². The molecular weight excluding hydrogens is 411 g/mol. The maximum Gasteiger partial charge on any atom is 0.417 e. The third kappa shape index (κ3) is 3.74. The summed E-state index contributed by atoms with van der Waals surface area (Å²) in [4.78, 5) is 16.4. The highest BCUT2D eigenvalue weighted by molar-refractivity contribution is 5.94. The summed E-state index contributed by atoms with van der Waals surface area (Å²) < 4.78 is 41.6. The summed E-state index contributed by atoms with van der Waals surface area (Å²) in [7, 11) is 1.72. The van der Waals surface area contributed by atoms with E-state index in [0.29, 0.717) is 43.9 Å². The van der Waals surface area contributed by atoms with Crippen LogP contribution in [0.4, 0.5) is 18.9 Å². The van der Waals surface area contributed by atoms with Crippen LogP contribution in [0.2, 0.25) is 0 Å². The Kier molecular flexibility index (Phi) is 5.17. The molecule has 1 N–H and O–H groups in total. The molecule has 1 amide bonds. The molecule has 0 saturated carbocycles. The molecule has 31 heavy (non-hydrogen) atoms. The van der Waals surface area contributed by atoms with Gasteiger partial charge in [-0.3, -0.25) is 9.48 Å². The second-order valence-corrected chi connectivity index (χ2v) is 8.34. The van der Waals surface area contributed by atoms with Crippen molar-refractivity contribution in [3.8, 4) is 6.07 Å². The molecule has 164 valence electrons. The van der Waals surface area contributed by atoms with Crippen LogP contribution >= 0.6 is 0 Å². The zero-order chi connectivity index (χ0) is 22.4. The molecule has 1 aromatic heterocycles. The maximum atomic E-state index is 13.4. The molecule has 3 heterocycles. The number of nitrogens with zero attached hydrogens (tertiary/aromatic N) is 5. The predicted molar refractivity (Wildman–Crippen MR) is 105 cm³/mol. The van der Waals surface area contributed by atoms with Crippen LogP contribution in [0.1, 0.15) is 27.9 Å². The number of halogens is 3. The van der Waals surface area contributed by atoms with Crippen LogP contribution in [0.25, 0.3) is 0 Å². The molecule has 2 aliphatic rings. The van der Waals surface area contributed by atoms with E-state index in [9.17, 15) is 23.1 Å². The minimum Gasteiger partial charge on any atom is -0.396 e. The number of hydrogen-bond acceptors (Lipinski definition) is 5. The molecule has 0 radical (unpaired) electrons. The Balaban J connectivity index is 1.57. The van der Waals surface area contributed by atoms with Crippen molar-refractivity contribution >= 4 is 11.6 Å². The van der Waals surface area contributed by atoms with Crippen molar-refractivity contribution < 1.29 is 23.1 Å².